The van der Waals surface area contributed by atoms with Gasteiger partial charge in [-0.25, -0.2) is 14.8 Å². The topological polar surface area (TPSA) is 324 Å². The second-order valence-electron chi connectivity index (χ2n) is 15.6. The molecule has 4 heterocycles. The Bertz CT molecular complexity index is 2440. The van der Waals surface area contributed by atoms with Crippen LogP contribution < -0.4 is 38.1 Å². The second-order valence-corrected chi connectivity index (χ2v) is 16.7. The largest absolute Gasteiger partial charge is 0.480 e. The summed E-state index contributed by atoms with van der Waals surface area (Å²) in [5.74, 6) is -4.54. The predicted octanol–water partition coefficient (Wildman–Crippen LogP) is 1.89. The molecule has 0 radical (unpaired) electrons. The summed E-state index contributed by atoms with van der Waals surface area (Å²) >= 11 is 1.000. The zero-order chi connectivity index (χ0) is 47.2. The fourth-order valence-corrected chi connectivity index (χ4v) is 7.41. The lowest BCUT2D eigenvalue weighted by atomic mass is 10.0. The third kappa shape index (κ3) is 14.1. The van der Waals surface area contributed by atoms with Gasteiger partial charge < -0.3 is 43.2 Å². The first-order valence-corrected chi connectivity index (χ1v) is 21.8. The van der Waals surface area contributed by atoms with Gasteiger partial charge in [-0.05, 0) is 81.2 Å². The number of aromatic nitrogens is 4. The van der Waals surface area contributed by atoms with Crippen LogP contribution in [0.15, 0.2) is 54.7 Å². The molecule has 21 nitrogen and oxygen atoms in total. The number of carbonyl (C=O) groups excluding carboxylic acids is 7. The van der Waals surface area contributed by atoms with E-state index in [2.05, 4.69) is 46.5 Å². The van der Waals surface area contributed by atoms with Gasteiger partial charge >= 0.3 is 5.97 Å². The number of nitrogens with two attached hydrogens (primary N) is 2. The smallest absolute Gasteiger partial charge is 0.326 e. The number of amides is 7. The van der Waals surface area contributed by atoms with E-state index in [1.807, 2.05) is 0 Å². The van der Waals surface area contributed by atoms with Crippen LogP contribution in [-0.4, -0.2) is 108 Å². The van der Waals surface area contributed by atoms with E-state index in [0.717, 1.165) is 21.8 Å². The number of rotatable bonds is 23. The van der Waals surface area contributed by atoms with E-state index in [1.54, 1.807) is 44.3 Å². The molecule has 22 heteroatoms. The number of carboxylic acid groups (broad SMARTS) is 1. The number of hydrogen-bond donors (Lipinski definition) is 8. The molecule has 0 spiro atoms. The Kier molecular flexibility index (Phi) is 17.1. The van der Waals surface area contributed by atoms with Crippen LogP contribution in [0.1, 0.15) is 90.6 Å². The highest BCUT2D eigenvalue weighted by Gasteiger charge is 2.28. The molecule has 7 amide bonds. The first kappa shape index (κ1) is 48.7. The van der Waals surface area contributed by atoms with Crippen LogP contribution in [0.2, 0.25) is 0 Å². The summed E-state index contributed by atoms with van der Waals surface area (Å²) in [5.41, 5.74) is 14.0. The summed E-state index contributed by atoms with van der Waals surface area (Å²) in [6, 6.07) is 6.66. The van der Waals surface area contributed by atoms with Crippen molar-refractivity contribution in [2.45, 2.75) is 90.3 Å². The van der Waals surface area contributed by atoms with Gasteiger partial charge in [0.1, 0.15) is 18.1 Å². The lowest BCUT2D eigenvalue weighted by Crippen LogP contribution is -2.53. The minimum Gasteiger partial charge on any atom is -0.480 e. The van der Waals surface area contributed by atoms with Crippen molar-refractivity contribution in [3.63, 3.8) is 0 Å². The Labute approximate surface area is 377 Å². The van der Waals surface area contributed by atoms with E-state index < -0.39 is 47.7 Å². The van der Waals surface area contributed by atoms with Crippen LogP contribution in [0.4, 0.5) is 16.8 Å². The number of aryl methyl sites for hydroxylation is 2. The molecule has 1 aliphatic rings. The van der Waals surface area contributed by atoms with Crippen LogP contribution in [-0.2, 0) is 41.6 Å². The molecule has 0 aliphatic carbocycles. The van der Waals surface area contributed by atoms with Crippen LogP contribution in [0.25, 0.3) is 11.2 Å². The Hall–Kier alpha value is -7.36. The Morgan fingerprint density at radius 1 is 0.800 bits per heavy atom. The minimum atomic E-state index is -1.23. The average molecular weight is 913 g/mol. The molecular weight excluding hydrogens is 861 g/mol. The summed E-state index contributed by atoms with van der Waals surface area (Å²) in [7, 11) is 0. The predicted molar refractivity (Wildman–Crippen MR) is 240 cm³/mol. The highest BCUT2D eigenvalue weighted by atomic mass is 32.1. The van der Waals surface area contributed by atoms with Crippen molar-refractivity contribution < 1.29 is 43.5 Å². The standard InChI is InChI=1S/C43H52N12O9S/c1-23(2)34(51-30(56)9-5-4-6-21-55-32(57)18-19-33(55)58)41(62)48-24(3)38(59)52-31-17-16-29(65-31)40(61)46-20-7-8-28(42(63)64)50-39(60)26-13-10-25(11-14-26)12-15-27-22-47-37-35(49-27)36(44)53-43(45)54-37/h10-11,13-14,16-19,22-24,28,34H,4-9,12,15,20-21H2,1-3H3,(H,46,61)(H,48,62)(H,50,60)(H,51,56)(H,52,59)(H,63,64)(H4,44,45,47,53,54)/t24-,28-,34?/m0/s1. The maximum Gasteiger partial charge on any atom is 0.326 e. The minimum absolute atomic E-state index is 0.00709. The Morgan fingerprint density at radius 3 is 2.22 bits per heavy atom. The van der Waals surface area contributed by atoms with Crippen molar-refractivity contribution in [2.24, 2.45) is 5.92 Å². The number of carboxylic acids is 1. The van der Waals surface area contributed by atoms with E-state index >= 15 is 0 Å². The van der Waals surface area contributed by atoms with Crippen molar-refractivity contribution in [3.05, 3.63) is 76.4 Å². The van der Waals surface area contributed by atoms with Gasteiger partial charge in [0.2, 0.25) is 23.7 Å². The van der Waals surface area contributed by atoms with E-state index in [0.29, 0.717) is 54.0 Å². The molecule has 0 bridgehead atoms. The van der Waals surface area contributed by atoms with Gasteiger partial charge in [0.05, 0.1) is 21.8 Å². The maximum atomic E-state index is 13.1. The molecule has 3 aromatic heterocycles. The van der Waals surface area contributed by atoms with Crippen molar-refractivity contribution in [1.82, 2.24) is 46.1 Å². The third-order valence-electron chi connectivity index (χ3n) is 10.2. The Balaban J connectivity index is 0.990. The summed E-state index contributed by atoms with van der Waals surface area (Å²) in [4.78, 5) is 118. The van der Waals surface area contributed by atoms with Crippen LogP contribution >= 0.6 is 11.3 Å². The number of nitrogens with zero attached hydrogens (tertiary/aromatic N) is 5. The SMILES string of the molecule is CC(C)C(NC(=O)CCCCCN1C(=O)C=CC1=O)C(=O)N[C@@H](C)C(=O)Nc1ccc(C(=O)NCCC[C@H](NC(=O)c2ccc(CCc3cnc4nc(N)nc(N)c4n3)cc2)C(=O)O)s1. The van der Waals surface area contributed by atoms with Crippen molar-refractivity contribution in [3.8, 4) is 0 Å². The molecule has 1 aromatic carbocycles. The van der Waals surface area contributed by atoms with Crippen LogP contribution in [0.3, 0.4) is 0 Å². The van der Waals surface area contributed by atoms with Gasteiger partial charge in [0.25, 0.3) is 23.6 Å². The molecule has 4 aromatic rings. The zero-order valence-corrected chi connectivity index (χ0v) is 36.9. The molecule has 1 aliphatic heterocycles. The molecular formula is C43H52N12O9S. The average Bonchev–Trinajstić information content (AvgIpc) is 3.87. The molecule has 3 atom stereocenters. The van der Waals surface area contributed by atoms with Crippen molar-refractivity contribution in [2.75, 3.05) is 29.9 Å². The lowest BCUT2D eigenvalue weighted by Gasteiger charge is -2.23. The van der Waals surface area contributed by atoms with Gasteiger partial charge in [-0.2, -0.15) is 9.97 Å². The van der Waals surface area contributed by atoms with Crippen LogP contribution in [0, 0.1) is 5.92 Å². The van der Waals surface area contributed by atoms with Gasteiger partial charge in [-0.1, -0.05) is 32.4 Å². The molecule has 10 N–H and O–H groups in total. The molecule has 344 valence electrons. The normalized spacial score (nSPS) is 13.6. The molecule has 0 saturated carbocycles. The number of benzene rings is 1. The fraction of sp³-hybridized carbons (Fsp3) is 0.395. The van der Waals surface area contributed by atoms with E-state index in [-0.39, 0.29) is 78.2 Å². The summed E-state index contributed by atoms with van der Waals surface area (Å²) in [6.45, 7) is 5.38. The van der Waals surface area contributed by atoms with Gasteiger partial charge in [-0.15, -0.1) is 11.3 Å². The Morgan fingerprint density at radius 2 is 1.52 bits per heavy atom. The van der Waals surface area contributed by atoms with E-state index in [4.69, 9.17) is 11.5 Å². The number of thiophene rings is 1. The molecule has 0 saturated heterocycles. The second kappa shape index (κ2) is 22.8. The number of nitrogens with one attached hydrogen (secondary N) is 5. The number of nitrogen functional groups attached to an aromatic ring is 2. The number of fused-ring (bicyclic) bond motifs is 1. The first-order chi connectivity index (χ1) is 31.0. The third-order valence-corrected chi connectivity index (χ3v) is 11.2. The summed E-state index contributed by atoms with van der Waals surface area (Å²) in [5, 5.41) is 23.4. The monoisotopic (exact) mass is 912 g/mol. The number of carbonyl (C=O) groups is 8. The zero-order valence-electron chi connectivity index (χ0n) is 36.1. The quantitative estimate of drug-likeness (QED) is 0.0389. The highest BCUT2D eigenvalue weighted by molar-refractivity contribution is 7.18. The van der Waals surface area contributed by atoms with Crippen LogP contribution in [0.5, 0.6) is 0 Å². The van der Waals surface area contributed by atoms with Gasteiger partial charge in [-0.3, -0.25) is 38.5 Å². The number of imide groups is 1. The summed E-state index contributed by atoms with van der Waals surface area (Å²) < 4.78 is 0. The van der Waals surface area contributed by atoms with Gasteiger partial charge in [0, 0.05) is 37.2 Å². The highest BCUT2D eigenvalue weighted by Crippen LogP contribution is 2.22. The molecule has 5 rings (SSSR count). The number of unbranched alkanes of at least 4 members (excludes halogenated alkanes) is 2. The summed E-state index contributed by atoms with van der Waals surface area (Å²) in [6.07, 6.45) is 7.15. The maximum absolute atomic E-state index is 13.1. The number of hydrogen-bond acceptors (Lipinski definition) is 15. The van der Waals surface area contributed by atoms with Crippen molar-refractivity contribution in [1.29, 1.82) is 0 Å². The lowest BCUT2D eigenvalue weighted by molar-refractivity contribution is -0.139. The fourth-order valence-electron chi connectivity index (χ4n) is 6.58. The van der Waals surface area contributed by atoms with Gasteiger partial charge in [0.15, 0.2) is 17.0 Å². The van der Waals surface area contributed by atoms with E-state index in [1.165, 1.54) is 31.2 Å². The first-order valence-electron chi connectivity index (χ1n) is 21.0. The number of aliphatic carboxylic acids is 1. The van der Waals surface area contributed by atoms with E-state index in [9.17, 15) is 43.5 Å². The number of anilines is 3. The molecule has 0 fully saturated rings. The molecule has 1 unspecified atom stereocenters. The molecule has 65 heavy (non-hydrogen) atoms. The van der Waals surface area contributed by atoms with Crippen molar-refractivity contribution >= 4 is 86.6 Å².